The molecule has 1 atom stereocenters. The van der Waals surface area contributed by atoms with E-state index in [1.807, 2.05) is 11.6 Å². The van der Waals surface area contributed by atoms with Crippen LogP contribution in [-0.2, 0) is 4.74 Å². The zero-order chi connectivity index (χ0) is 23.7. The average Bonchev–Trinajstić information content (AvgIpc) is 3.57. The fraction of sp³-hybridized carbons (Fsp3) is 0.417. The van der Waals surface area contributed by atoms with Crippen molar-refractivity contribution in [3.8, 4) is 11.3 Å². The Morgan fingerprint density at radius 3 is 2.56 bits per heavy atom. The van der Waals surface area contributed by atoms with Crippen molar-refractivity contribution in [1.29, 1.82) is 0 Å². The first-order valence-corrected chi connectivity index (χ1v) is 11.4. The quantitative estimate of drug-likeness (QED) is 0.428. The summed E-state index contributed by atoms with van der Waals surface area (Å²) in [7, 11) is 0. The van der Waals surface area contributed by atoms with Gasteiger partial charge in [-0.2, -0.15) is 0 Å². The van der Waals surface area contributed by atoms with Crippen molar-refractivity contribution in [3.63, 3.8) is 0 Å². The maximum atomic E-state index is 13.9. The van der Waals surface area contributed by atoms with Gasteiger partial charge in [0.25, 0.3) is 0 Å². The zero-order valence-corrected chi connectivity index (χ0v) is 19.1. The highest BCUT2D eigenvalue weighted by Crippen LogP contribution is 2.35. The molecule has 34 heavy (non-hydrogen) atoms. The molecular weight excluding hydrogens is 440 g/mol. The van der Waals surface area contributed by atoms with Gasteiger partial charge in [0.2, 0.25) is 0 Å². The molecule has 0 unspecified atom stereocenters. The third kappa shape index (κ3) is 4.77. The van der Waals surface area contributed by atoms with Gasteiger partial charge in [-0.25, -0.2) is 33.4 Å². The van der Waals surface area contributed by atoms with Crippen LogP contribution in [0.3, 0.4) is 0 Å². The van der Waals surface area contributed by atoms with Gasteiger partial charge in [-0.3, -0.25) is 0 Å². The molecule has 1 aromatic carbocycles. The van der Waals surface area contributed by atoms with Crippen LogP contribution in [0.1, 0.15) is 61.3 Å². The minimum atomic E-state index is -0.690. The Bertz CT molecular complexity index is 1320. The van der Waals surface area contributed by atoms with E-state index < -0.39 is 11.6 Å². The molecule has 1 aliphatic heterocycles. The Balaban J connectivity index is 0.000000150. The molecule has 0 bridgehead atoms. The van der Waals surface area contributed by atoms with Gasteiger partial charge in [-0.1, -0.05) is 5.21 Å². The number of nitrogens with zero attached hydrogens (tertiary/aromatic N) is 7. The largest absolute Gasteiger partial charge is 0.372 e. The summed E-state index contributed by atoms with van der Waals surface area (Å²) in [4.78, 5) is 16.8. The highest BCUT2D eigenvalue weighted by Gasteiger charge is 2.27. The van der Waals surface area contributed by atoms with E-state index in [-0.39, 0.29) is 11.7 Å². The molecular formula is C24H25F2N7O. The molecule has 1 saturated carbocycles. The lowest BCUT2D eigenvalue weighted by Gasteiger charge is -2.19. The summed E-state index contributed by atoms with van der Waals surface area (Å²) < 4.78 is 34.5. The van der Waals surface area contributed by atoms with Crippen molar-refractivity contribution < 1.29 is 13.5 Å². The highest BCUT2D eigenvalue weighted by atomic mass is 19.1. The molecule has 1 saturated heterocycles. The zero-order valence-electron chi connectivity index (χ0n) is 19.1. The maximum Gasteiger partial charge on any atom is 0.182 e. The molecule has 0 N–H and O–H groups in total. The minimum absolute atomic E-state index is 0.177. The molecule has 0 radical (unpaired) electrons. The minimum Gasteiger partial charge on any atom is -0.372 e. The molecule has 3 aromatic heterocycles. The first-order chi connectivity index (χ1) is 16.5. The van der Waals surface area contributed by atoms with Crippen LogP contribution in [-0.4, -0.2) is 41.5 Å². The number of fused-ring (bicyclic) bond motifs is 1. The molecule has 2 fully saturated rings. The van der Waals surface area contributed by atoms with Gasteiger partial charge in [0.1, 0.15) is 41.0 Å². The van der Waals surface area contributed by atoms with Crippen LogP contribution in [0, 0.1) is 25.5 Å². The third-order valence-corrected chi connectivity index (χ3v) is 6.02. The van der Waals surface area contributed by atoms with Gasteiger partial charge in [-0.15, -0.1) is 5.10 Å². The molecule has 4 heterocycles. The van der Waals surface area contributed by atoms with Crippen LogP contribution in [0.25, 0.3) is 22.4 Å². The van der Waals surface area contributed by atoms with E-state index in [1.54, 1.807) is 6.92 Å². The third-order valence-electron chi connectivity index (χ3n) is 6.02. The summed E-state index contributed by atoms with van der Waals surface area (Å²) >= 11 is 0. The van der Waals surface area contributed by atoms with Crippen LogP contribution in [0.2, 0.25) is 0 Å². The second kappa shape index (κ2) is 9.46. The topological polar surface area (TPSA) is 91.5 Å². The van der Waals surface area contributed by atoms with E-state index in [0.29, 0.717) is 22.9 Å². The SMILES string of the molecule is Cc1nc2ncnc(-c3ccc(F)cc3F)c2nc1C.c1c([C@H]2CCCCO2)nnn1C1CC1. The van der Waals surface area contributed by atoms with Crippen molar-refractivity contribution in [2.24, 2.45) is 0 Å². The van der Waals surface area contributed by atoms with E-state index in [9.17, 15) is 8.78 Å². The molecule has 1 aliphatic carbocycles. The Hall–Kier alpha value is -3.40. The van der Waals surface area contributed by atoms with Crippen LogP contribution >= 0.6 is 0 Å². The lowest BCUT2D eigenvalue weighted by Crippen LogP contribution is -2.11. The lowest BCUT2D eigenvalue weighted by molar-refractivity contribution is 0.0122. The molecule has 176 valence electrons. The number of hydrogen-bond donors (Lipinski definition) is 0. The Morgan fingerprint density at radius 1 is 1.00 bits per heavy atom. The number of aryl methyl sites for hydroxylation is 2. The Morgan fingerprint density at radius 2 is 1.82 bits per heavy atom. The second-order valence-electron chi connectivity index (χ2n) is 8.62. The van der Waals surface area contributed by atoms with Crippen molar-refractivity contribution in [1.82, 2.24) is 34.9 Å². The summed E-state index contributed by atoms with van der Waals surface area (Å²) in [6.45, 7) is 4.50. The summed E-state index contributed by atoms with van der Waals surface area (Å²) in [6, 6.07) is 3.96. The molecule has 10 heteroatoms. The first kappa shape index (κ1) is 22.4. The number of hydrogen-bond acceptors (Lipinski definition) is 7. The van der Waals surface area contributed by atoms with Crippen LogP contribution in [0.4, 0.5) is 8.78 Å². The fourth-order valence-electron chi connectivity index (χ4n) is 3.85. The van der Waals surface area contributed by atoms with Gasteiger partial charge in [0.05, 0.1) is 23.6 Å². The monoisotopic (exact) mass is 465 g/mol. The molecule has 0 amide bonds. The van der Waals surface area contributed by atoms with Gasteiger partial charge < -0.3 is 4.74 Å². The van der Waals surface area contributed by atoms with Crippen molar-refractivity contribution in [2.75, 3.05) is 6.61 Å². The number of ether oxygens (including phenoxy) is 1. The average molecular weight is 466 g/mol. The van der Waals surface area contributed by atoms with Gasteiger partial charge in [0.15, 0.2) is 5.65 Å². The molecule has 8 nitrogen and oxygen atoms in total. The lowest BCUT2D eigenvalue weighted by atomic mass is 10.1. The number of aromatic nitrogens is 7. The summed E-state index contributed by atoms with van der Waals surface area (Å²) in [5.74, 6) is -1.33. The highest BCUT2D eigenvalue weighted by molar-refractivity contribution is 5.86. The van der Waals surface area contributed by atoms with E-state index in [2.05, 4.69) is 36.4 Å². The van der Waals surface area contributed by atoms with Crippen molar-refractivity contribution in [2.45, 2.75) is 58.1 Å². The predicted octanol–water partition coefficient (Wildman–Crippen LogP) is 4.84. The standard InChI is InChI=1S/C14H10F2N4.C10H15N3O/c1-7-8(2)20-14-13(19-7)12(17-6-18-14)10-4-3-9(15)5-11(10)16;1-2-6-14-10(3-1)9-7-13(12-11-9)8-4-5-8/h3-6H,1-2H3;7-8,10H,1-6H2/t;10-/m.1/s1. The van der Waals surface area contributed by atoms with Crippen LogP contribution < -0.4 is 0 Å². The smallest absolute Gasteiger partial charge is 0.182 e. The number of benzene rings is 1. The number of rotatable bonds is 3. The Kier molecular flexibility index (Phi) is 6.23. The van der Waals surface area contributed by atoms with E-state index >= 15 is 0 Å². The van der Waals surface area contributed by atoms with Crippen molar-refractivity contribution >= 4 is 11.2 Å². The van der Waals surface area contributed by atoms with Crippen LogP contribution in [0.5, 0.6) is 0 Å². The summed E-state index contributed by atoms with van der Waals surface area (Å²) in [6.07, 6.45) is 9.62. The van der Waals surface area contributed by atoms with E-state index in [0.717, 1.165) is 36.2 Å². The molecule has 2 aliphatic rings. The van der Waals surface area contributed by atoms with E-state index in [4.69, 9.17) is 4.74 Å². The molecule has 4 aromatic rings. The Labute approximate surface area is 195 Å². The second-order valence-corrected chi connectivity index (χ2v) is 8.62. The van der Waals surface area contributed by atoms with Crippen molar-refractivity contribution in [3.05, 3.63) is 59.4 Å². The summed E-state index contributed by atoms with van der Waals surface area (Å²) in [5, 5.41) is 8.33. The number of halogens is 2. The summed E-state index contributed by atoms with van der Waals surface area (Å²) in [5.41, 5.74) is 3.77. The van der Waals surface area contributed by atoms with Gasteiger partial charge in [0, 0.05) is 18.2 Å². The van der Waals surface area contributed by atoms with Crippen LogP contribution in [0.15, 0.2) is 30.7 Å². The van der Waals surface area contributed by atoms with E-state index in [1.165, 1.54) is 44.1 Å². The predicted molar refractivity (Wildman–Crippen MR) is 121 cm³/mol. The maximum absolute atomic E-state index is 13.9. The molecule has 6 rings (SSSR count). The van der Waals surface area contributed by atoms with Gasteiger partial charge in [-0.05, 0) is 58.1 Å². The first-order valence-electron chi connectivity index (χ1n) is 11.4. The fourth-order valence-corrected chi connectivity index (χ4v) is 3.85. The van der Waals surface area contributed by atoms with Gasteiger partial charge >= 0.3 is 0 Å². The molecule has 0 spiro atoms. The normalized spacial score (nSPS) is 17.9.